The van der Waals surface area contributed by atoms with Gasteiger partial charge < -0.3 is 0 Å². The number of imide groups is 1. The quantitative estimate of drug-likeness (QED) is 0.594. The second kappa shape index (κ2) is 7.39. The summed E-state index contributed by atoms with van der Waals surface area (Å²) in [7, 11) is 0. The van der Waals surface area contributed by atoms with Crippen molar-refractivity contribution >= 4 is 39.3 Å². The molecule has 3 rings (SSSR count). The second-order valence-corrected chi connectivity index (χ2v) is 7.14. The summed E-state index contributed by atoms with van der Waals surface area (Å²) in [5, 5.41) is 0. The molecule has 1 unspecified atom stereocenters. The van der Waals surface area contributed by atoms with Gasteiger partial charge in [-0.05, 0) is 43.7 Å². The van der Waals surface area contributed by atoms with Crippen LogP contribution in [-0.2, 0) is 9.59 Å². The molecule has 0 aromatic heterocycles. The van der Waals surface area contributed by atoms with E-state index < -0.39 is 6.04 Å². The first-order valence-corrected chi connectivity index (χ1v) is 8.91. The summed E-state index contributed by atoms with van der Waals surface area (Å²) in [5.41, 5.74) is 8.11. The third kappa shape index (κ3) is 3.68. The highest BCUT2D eigenvalue weighted by atomic mass is 79.9. The molecule has 1 atom stereocenters. The van der Waals surface area contributed by atoms with Crippen LogP contribution in [0.15, 0.2) is 46.9 Å². The summed E-state index contributed by atoms with van der Waals surface area (Å²) in [6.45, 7) is 3.81. The Morgan fingerprint density at radius 3 is 2.62 bits per heavy atom. The molecule has 0 aliphatic carbocycles. The van der Waals surface area contributed by atoms with Crippen LogP contribution in [0, 0.1) is 13.8 Å². The molecular formula is C19H18BrN3O3. The van der Waals surface area contributed by atoms with Gasteiger partial charge in [0.1, 0.15) is 6.04 Å². The Labute approximate surface area is 159 Å². The molecule has 7 heteroatoms. The van der Waals surface area contributed by atoms with Crippen LogP contribution < -0.4 is 15.8 Å². The minimum atomic E-state index is -0.792. The summed E-state index contributed by atoms with van der Waals surface area (Å²) < 4.78 is 0.776. The van der Waals surface area contributed by atoms with E-state index in [0.29, 0.717) is 11.3 Å². The van der Waals surface area contributed by atoms with Crippen LogP contribution in [-0.4, -0.2) is 23.8 Å². The van der Waals surface area contributed by atoms with Crippen LogP contribution in [0.1, 0.15) is 27.9 Å². The molecule has 3 amide bonds. The summed E-state index contributed by atoms with van der Waals surface area (Å²) in [5.74, 6) is -1.05. The molecule has 26 heavy (non-hydrogen) atoms. The highest BCUT2D eigenvalue weighted by molar-refractivity contribution is 9.10. The van der Waals surface area contributed by atoms with Gasteiger partial charge in [0.25, 0.3) is 11.8 Å². The van der Waals surface area contributed by atoms with Crippen molar-refractivity contribution in [1.29, 1.82) is 0 Å². The summed E-state index contributed by atoms with van der Waals surface area (Å²) in [4.78, 5) is 38.3. The van der Waals surface area contributed by atoms with Gasteiger partial charge in [-0.1, -0.05) is 39.7 Å². The molecule has 2 aromatic rings. The molecule has 1 aliphatic heterocycles. The number of nitrogens with zero attached hydrogens (tertiary/aromatic N) is 1. The molecule has 0 spiro atoms. The maximum Gasteiger partial charge on any atom is 0.265 e. The van der Waals surface area contributed by atoms with Gasteiger partial charge in [0, 0.05) is 10.0 Å². The highest BCUT2D eigenvalue weighted by Crippen LogP contribution is 2.26. The number of carbonyl (C=O) groups is 3. The van der Waals surface area contributed by atoms with Crippen molar-refractivity contribution in [3.8, 4) is 0 Å². The Hall–Kier alpha value is -2.51. The van der Waals surface area contributed by atoms with Crippen LogP contribution in [0.5, 0.6) is 0 Å². The van der Waals surface area contributed by atoms with Crippen molar-refractivity contribution in [3.05, 3.63) is 63.6 Å². The first kappa shape index (κ1) is 18.3. The number of benzene rings is 2. The lowest BCUT2D eigenvalue weighted by molar-refractivity contribution is -0.121. The lowest BCUT2D eigenvalue weighted by Crippen LogP contribution is -2.48. The highest BCUT2D eigenvalue weighted by Gasteiger charge is 2.40. The maximum atomic E-state index is 12.6. The van der Waals surface area contributed by atoms with Crippen LogP contribution >= 0.6 is 15.9 Å². The molecule has 0 bridgehead atoms. The van der Waals surface area contributed by atoms with E-state index in [2.05, 4.69) is 26.8 Å². The predicted molar refractivity (Wildman–Crippen MR) is 102 cm³/mol. The number of hydrogen-bond acceptors (Lipinski definition) is 4. The number of amides is 3. The van der Waals surface area contributed by atoms with Gasteiger partial charge in [0.15, 0.2) is 0 Å². The van der Waals surface area contributed by atoms with Gasteiger partial charge in [-0.3, -0.25) is 19.8 Å². The normalized spacial score (nSPS) is 16.9. The van der Waals surface area contributed by atoms with Gasteiger partial charge in [-0.2, -0.15) is 0 Å². The lowest BCUT2D eigenvalue weighted by Gasteiger charge is -2.18. The van der Waals surface area contributed by atoms with E-state index in [-0.39, 0.29) is 24.1 Å². The van der Waals surface area contributed by atoms with Crippen molar-refractivity contribution in [3.63, 3.8) is 0 Å². The molecule has 0 saturated carbocycles. The van der Waals surface area contributed by atoms with Crippen molar-refractivity contribution in [2.75, 3.05) is 4.90 Å². The Bertz CT molecular complexity index is 897. The smallest absolute Gasteiger partial charge is 0.265 e. The number of halogens is 1. The zero-order valence-corrected chi connectivity index (χ0v) is 16.0. The number of hydrogen-bond donors (Lipinski definition) is 2. The number of rotatable bonds is 4. The van der Waals surface area contributed by atoms with Crippen LogP contribution in [0.4, 0.5) is 5.69 Å². The largest absolute Gasteiger partial charge is 0.287 e. The molecule has 0 radical (unpaired) electrons. The topological polar surface area (TPSA) is 78.5 Å². The molecule has 6 nitrogen and oxygen atoms in total. The third-order valence-corrected chi connectivity index (χ3v) is 4.68. The lowest BCUT2D eigenvalue weighted by atomic mass is 10.1. The van der Waals surface area contributed by atoms with Crippen LogP contribution in [0.2, 0.25) is 0 Å². The van der Waals surface area contributed by atoms with Crippen molar-refractivity contribution < 1.29 is 14.4 Å². The standard InChI is InChI=1S/C19H18BrN3O3/c1-11-6-7-16(12(2)8-11)23-17(24)10-15(19(23)26)21-22-18(25)13-4-3-5-14(20)9-13/h3-9,15,21H,10H2,1-2H3,(H,22,25). The SMILES string of the molecule is Cc1ccc(N2C(=O)CC(NNC(=O)c3cccc(Br)c3)C2=O)c(C)c1. The zero-order valence-electron chi connectivity index (χ0n) is 14.4. The average molecular weight is 416 g/mol. The molecule has 1 fully saturated rings. The molecule has 1 heterocycles. The predicted octanol–water partition coefficient (Wildman–Crippen LogP) is 2.63. The Morgan fingerprint density at radius 2 is 1.92 bits per heavy atom. The summed E-state index contributed by atoms with van der Waals surface area (Å²) in [6, 6.07) is 11.6. The van der Waals surface area contributed by atoms with E-state index >= 15 is 0 Å². The molecular weight excluding hydrogens is 398 g/mol. The second-order valence-electron chi connectivity index (χ2n) is 6.22. The van der Waals surface area contributed by atoms with Gasteiger partial charge in [0.2, 0.25) is 5.91 Å². The zero-order chi connectivity index (χ0) is 18.8. The van der Waals surface area contributed by atoms with Crippen molar-refractivity contribution in [1.82, 2.24) is 10.9 Å². The Balaban J connectivity index is 1.70. The summed E-state index contributed by atoms with van der Waals surface area (Å²) >= 11 is 3.30. The molecule has 1 saturated heterocycles. The minimum absolute atomic E-state index is 0.00901. The van der Waals surface area contributed by atoms with Gasteiger partial charge in [-0.25, -0.2) is 10.3 Å². The van der Waals surface area contributed by atoms with E-state index in [4.69, 9.17) is 0 Å². The van der Waals surface area contributed by atoms with E-state index in [1.165, 1.54) is 4.90 Å². The van der Waals surface area contributed by atoms with Crippen molar-refractivity contribution in [2.24, 2.45) is 0 Å². The van der Waals surface area contributed by atoms with E-state index in [1.807, 2.05) is 32.0 Å². The van der Waals surface area contributed by atoms with Crippen molar-refractivity contribution in [2.45, 2.75) is 26.3 Å². The Kier molecular flexibility index (Phi) is 5.20. The minimum Gasteiger partial charge on any atom is -0.287 e. The number of nitrogens with one attached hydrogen (secondary N) is 2. The first-order chi connectivity index (χ1) is 12.4. The number of carbonyl (C=O) groups excluding carboxylic acids is 3. The number of anilines is 1. The first-order valence-electron chi connectivity index (χ1n) is 8.12. The van der Waals surface area contributed by atoms with E-state index in [1.54, 1.807) is 24.3 Å². The van der Waals surface area contributed by atoms with Gasteiger partial charge >= 0.3 is 0 Å². The Morgan fingerprint density at radius 1 is 1.15 bits per heavy atom. The number of hydrazine groups is 1. The maximum absolute atomic E-state index is 12.6. The van der Waals surface area contributed by atoms with Crippen LogP contribution in [0.25, 0.3) is 0 Å². The fraction of sp³-hybridized carbons (Fsp3) is 0.211. The van der Waals surface area contributed by atoms with Gasteiger partial charge in [-0.15, -0.1) is 0 Å². The van der Waals surface area contributed by atoms with E-state index in [9.17, 15) is 14.4 Å². The van der Waals surface area contributed by atoms with Crippen LogP contribution in [0.3, 0.4) is 0 Å². The average Bonchev–Trinajstić information content (AvgIpc) is 2.87. The van der Waals surface area contributed by atoms with E-state index in [0.717, 1.165) is 15.6 Å². The molecule has 1 aliphatic rings. The summed E-state index contributed by atoms with van der Waals surface area (Å²) in [6.07, 6.45) is -0.00901. The fourth-order valence-corrected chi connectivity index (χ4v) is 3.31. The molecule has 2 N–H and O–H groups in total. The number of aryl methyl sites for hydroxylation is 2. The monoisotopic (exact) mass is 415 g/mol. The molecule has 134 valence electrons. The fourth-order valence-electron chi connectivity index (χ4n) is 2.91. The third-order valence-electron chi connectivity index (χ3n) is 4.19. The molecule has 2 aromatic carbocycles. The van der Waals surface area contributed by atoms with Gasteiger partial charge in [0.05, 0.1) is 12.1 Å².